The van der Waals surface area contributed by atoms with Gasteiger partial charge < -0.3 is 9.51 Å². The first-order valence-electron chi connectivity index (χ1n) is 4.20. The van der Waals surface area contributed by atoms with Crippen LogP contribution in [0.15, 0.2) is 30.6 Å². The van der Waals surface area contributed by atoms with Crippen molar-refractivity contribution >= 4 is 29.3 Å². The number of pyridine rings is 1. The van der Waals surface area contributed by atoms with Crippen LogP contribution >= 0.6 is 11.6 Å². The number of carboxylic acid groups (broad SMARTS) is 1. The van der Waals surface area contributed by atoms with E-state index >= 15 is 0 Å². The molecule has 5 heteroatoms. The summed E-state index contributed by atoms with van der Waals surface area (Å²) in [5, 5.41) is 9.09. The molecular weight excluding hydrogens is 216 g/mol. The van der Waals surface area contributed by atoms with Gasteiger partial charge in [0, 0.05) is 23.4 Å². The fourth-order valence-corrected chi connectivity index (χ4v) is 1.41. The number of nitrogens with zero attached hydrogens (tertiary/aromatic N) is 2. The SMILES string of the molecule is O=C(O)/C=C\c1cnc2cc(Cl)ccn12. The zero-order valence-electron chi connectivity index (χ0n) is 7.59. The number of aliphatic carboxylic acids is 1. The molecule has 2 aromatic heterocycles. The lowest BCUT2D eigenvalue weighted by Gasteiger charge is -1.95. The van der Waals surface area contributed by atoms with Crippen LogP contribution in [0.4, 0.5) is 0 Å². The maximum atomic E-state index is 10.3. The van der Waals surface area contributed by atoms with Gasteiger partial charge >= 0.3 is 5.97 Å². The third-order valence-corrected chi connectivity index (χ3v) is 2.14. The minimum absolute atomic E-state index is 0.599. The standard InChI is InChI=1S/C10H7ClN2O2/c11-7-3-4-13-8(1-2-10(14)15)6-12-9(13)5-7/h1-6H,(H,14,15)/b2-1-. The van der Waals surface area contributed by atoms with Crippen LogP contribution < -0.4 is 0 Å². The van der Waals surface area contributed by atoms with E-state index < -0.39 is 5.97 Å². The topological polar surface area (TPSA) is 54.6 Å². The van der Waals surface area contributed by atoms with Gasteiger partial charge in [-0.25, -0.2) is 9.78 Å². The summed E-state index contributed by atoms with van der Waals surface area (Å²) in [6, 6.07) is 3.42. The summed E-state index contributed by atoms with van der Waals surface area (Å²) in [7, 11) is 0. The molecule has 0 atom stereocenters. The molecule has 0 aliphatic carbocycles. The molecule has 15 heavy (non-hydrogen) atoms. The van der Waals surface area contributed by atoms with Crippen LogP contribution in [0.1, 0.15) is 5.69 Å². The Hall–Kier alpha value is -1.81. The third-order valence-electron chi connectivity index (χ3n) is 1.90. The molecule has 0 bridgehead atoms. The summed E-state index contributed by atoms with van der Waals surface area (Å²) in [5.41, 5.74) is 1.39. The van der Waals surface area contributed by atoms with E-state index in [1.54, 1.807) is 28.9 Å². The lowest BCUT2D eigenvalue weighted by atomic mass is 10.4. The second kappa shape index (κ2) is 3.74. The van der Waals surface area contributed by atoms with E-state index in [2.05, 4.69) is 4.98 Å². The van der Waals surface area contributed by atoms with Crippen LogP contribution in [-0.2, 0) is 4.79 Å². The quantitative estimate of drug-likeness (QED) is 0.792. The Morgan fingerprint density at radius 2 is 2.40 bits per heavy atom. The molecule has 76 valence electrons. The van der Waals surface area contributed by atoms with E-state index in [1.807, 2.05) is 0 Å². The zero-order chi connectivity index (χ0) is 10.8. The van der Waals surface area contributed by atoms with E-state index in [9.17, 15) is 4.79 Å². The fraction of sp³-hybridized carbons (Fsp3) is 0. The highest BCUT2D eigenvalue weighted by Crippen LogP contribution is 2.13. The summed E-state index contributed by atoms with van der Waals surface area (Å²) in [4.78, 5) is 14.4. The second-order valence-electron chi connectivity index (χ2n) is 2.93. The highest BCUT2D eigenvalue weighted by Gasteiger charge is 2.00. The first-order chi connectivity index (χ1) is 7.16. The molecule has 2 heterocycles. The van der Waals surface area contributed by atoms with Gasteiger partial charge in [-0.3, -0.25) is 0 Å². The van der Waals surface area contributed by atoms with E-state index in [0.717, 1.165) is 6.08 Å². The second-order valence-corrected chi connectivity index (χ2v) is 3.36. The van der Waals surface area contributed by atoms with E-state index in [-0.39, 0.29) is 0 Å². The summed E-state index contributed by atoms with van der Waals surface area (Å²) < 4.78 is 1.76. The first kappa shape index (κ1) is 9.73. The van der Waals surface area contributed by atoms with Gasteiger partial charge in [0.1, 0.15) is 5.65 Å². The normalized spacial score (nSPS) is 11.3. The minimum atomic E-state index is -0.987. The van der Waals surface area contributed by atoms with Crippen molar-refractivity contribution in [2.45, 2.75) is 0 Å². The first-order valence-corrected chi connectivity index (χ1v) is 4.58. The van der Waals surface area contributed by atoms with Gasteiger partial charge in [-0.05, 0) is 12.1 Å². The number of imidazole rings is 1. The molecule has 2 aromatic rings. The molecule has 0 aliphatic heterocycles. The predicted molar refractivity (Wildman–Crippen MR) is 56.9 cm³/mol. The Bertz CT molecular complexity index is 545. The Balaban J connectivity index is 2.50. The van der Waals surface area contributed by atoms with Crippen molar-refractivity contribution in [1.29, 1.82) is 0 Å². The monoisotopic (exact) mass is 222 g/mol. The van der Waals surface area contributed by atoms with Crippen molar-refractivity contribution in [2.75, 3.05) is 0 Å². The van der Waals surface area contributed by atoms with Crippen molar-refractivity contribution < 1.29 is 9.90 Å². The fourth-order valence-electron chi connectivity index (χ4n) is 1.26. The summed E-state index contributed by atoms with van der Waals surface area (Å²) in [6.45, 7) is 0. The molecule has 0 saturated heterocycles. The van der Waals surface area contributed by atoms with Gasteiger partial charge in [0.15, 0.2) is 0 Å². The van der Waals surface area contributed by atoms with Gasteiger partial charge in [-0.15, -0.1) is 0 Å². The lowest BCUT2D eigenvalue weighted by Crippen LogP contribution is -1.89. The smallest absolute Gasteiger partial charge is 0.328 e. The molecule has 0 aromatic carbocycles. The maximum absolute atomic E-state index is 10.3. The Morgan fingerprint density at radius 3 is 3.13 bits per heavy atom. The number of rotatable bonds is 2. The van der Waals surface area contributed by atoms with Crippen molar-refractivity contribution in [2.24, 2.45) is 0 Å². The molecule has 1 N–H and O–H groups in total. The van der Waals surface area contributed by atoms with Gasteiger partial charge in [0.2, 0.25) is 0 Å². The van der Waals surface area contributed by atoms with Gasteiger partial charge in [-0.2, -0.15) is 0 Å². The van der Waals surface area contributed by atoms with Crippen LogP contribution in [-0.4, -0.2) is 20.5 Å². The molecule has 0 unspecified atom stereocenters. The molecule has 0 radical (unpaired) electrons. The molecular formula is C10H7ClN2O2. The molecule has 0 fully saturated rings. The number of hydrogen-bond acceptors (Lipinski definition) is 2. The van der Waals surface area contributed by atoms with E-state index in [1.165, 1.54) is 6.08 Å². The number of fused-ring (bicyclic) bond motifs is 1. The van der Waals surface area contributed by atoms with Gasteiger partial charge in [-0.1, -0.05) is 11.6 Å². The van der Waals surface area contributed by atoms with Crippen LogP contribution in [0, 0.1) is 0 Å². The Morgan fingerprint density at radius 1 is 1.60 bits per heavy atom. The van der Waals surface area contributed by atoms with Crippen LogP contribution in [0.5, 0.6) is 0 Å². The Labute approximate surface area is 90.4 Å². The molecule has 4 nitrogen and oxygen atoms in total. The molecule has 0 amide bonds. The molecule has 0 spiro atoms. The van der Waals surface area contributed by atoms with Crippen LogP contribution in [0.25, 0.3) is 11.7 Å². The van der Waals surface area contributed by atoms with Crippen molar-refractivity contribution in [3.05, 3.63) is 41.3 Å². The molecule has 0 saturated carbocycles. The Kier molecular flexibility index (Phi) is 2.43. The van der Waals surface area contributed by atoms with Crippen LogP contribution in [0.2, 0.25) is 5.02 Å². The number of aromatic nitrogens is 2. The average Bonchev–Trinajstić information content (AvgIpc) is 2.57. The van der Waals surface area contributed by atoms with E-state index in [0.29, 0.717) is 16.4 Å². The summed E-state index contributed by atoms with van der Waals surface area (Å²) >= 11 is 5.79. The highest BCUT2D eigenvalue weighted by molar-refractivity contribution is 6.30. The maximum Gasteiger partial charge on any atom is 0.328 e. The average molecular weight is 223 g/mol. The van der Waals surface area contributed by atoms with Crippen molar-refractivity contribution in [3.8, 4) is 0 Å². The molecule has 0 aliphatic rings. The predicted octanol–water partition coefficient (Wildman–Crippen LogP) is 2.09. The highest BCUT2D eigenvalue weighted by atomic mass is 35.5. The number of halogens is 1. The van der Waals surface area contributed by atoms with Crippen LogP contribution in [0.3, 0.4) is 0 Å². The summed E-state index contributed by atoms with van der Waals surface area (Å²) in [5.74, 6) is -0.987. The molecule has 2 rings (SSSR count). The third kappa shape index (κ3) is 1.99. The minimum Gasteiger partial charge on any atom is -0.478 e. The van der Waals surface area contributed by atoms with E-state index in [4.69, 9.17) is 16.7 Å². The van der Waals surface area contributed by atoms with Gasteiger partial charge in [0.05, 0.1) is 11.9 Å². The van der Waals surface area contributed by atoms with Gasteiger partial charge in [0.25, 0.3) is 0 Å². The largest absolute Gasteiger partial charge is 0.478 e. The number of hydrogen-bond donors (Lipinski definition) is 1. The van der Waals surface area contributed by atoms with Crippen molar-refractivity contribution in [1.82, 2.24) is 9.38 Å². The summed E-state index contributed by atoms with van der Waals surface area (Å²) in [6.07, 6.45) is 5.88. The number of carbonyl (C=O) groups is 1. The number of carboxylic acids is 1. The zero-order valence-corrected chi connectivity index (χ0v) is 8.35. The lowest BCUT2D eigenvalue weighted by molar-refractivity contribution is -0.131. The van der Waals surface area contributed by atoms with Crippen molar-refractivity contribution in [3.63, 3.8) is 0 Å².